The summed E-state index contributed by atoms with van der Waals surface area (Å²) in [6.07, 6.45) is 5.75. The van der Waals surface area contributed by atoms with Crippen LogP contribution in [-0.2, 0) is 26.0 Å². The number of nitrogens with one attached hydrogen (secondary N) is 1. The van der Waals surface area contributed by atoms with E-state index in [1.165, 1.54) is 4.90 Å². The largest absolute Gasteiger partial charge is 0.352 e. The number of hydrogen-bond donors (Lipinski definition) is 1. The predicted molar refractivity (Wildman–Crippen MR) is 140 cm³/mol. The van der Waals surface area contributed by atoms with Gasteiger partial charge in [0.25, 0.3) is 0 Å². The molecular weight excluding hydrogens is 462 g/mol. The van der Waals surface area contributed by atoms with E-state index < -0.39 is 22.0 Å². The molecule has 1 unspecified atom stereocenters. The zero-order chi connectivity index (χ0) is 25.6. The zero-order valence-electron chi connectivity index (χ0n) is 21.2. The lowest BCUT2D eigenvalue weighted by atomic mass is 10.1. The van der Waals surface area contributed by atoms with Gasteiger partial charge >= 0.3 is 0 Å². The first-order valence-corrected chi connectivity index (χ1v) is 14.1. The molecule has 0 aromatic heterocycles. The summed E-state index contributed by atoms with van der Waals surface area (Å²) in [5.74, 6) is -0.603. The lowest BCUT2D eigenvalue weighted by Gasteiger charge is -2.32. The van der Waals surface area contributed by atoms with Gasteiger partial charge < -0.3 is 10.2 Å². The quantitative estimate of drug-likeness (QED) is 0.541. The van der Waals surface area contributed by atoms with Crippen molar-refractivity contribution in [3.63, 3.8) is 0 Å². The molecule has 7 nitrogen and oxygen atoms in total. The summed E-state index contributed by atoms with van der Waals surface area (Å²) in [4.78, 5) is 28.1. The SMILES string of the molecule is Cc1ccc(N(CC(=O)N(CCc2ccccc2)C(C)C(=O)NC2CCCC2)S(C)(=O)=O)cc1C. The summed E-state index contributed by atoms with van der Waals surface area (Å²) >= 11 is 0. The highest BCUT2D eigenvalue weighted by molar-refractivity contribution is 7.92. The van der Waals surface area contributed by atoms with E-state index in [-0.39, 0.29) is 18.5 Å². The third-order valence-corrected chi connectivity index (χ3v) is 7.95. The van der Waals surface area contributed by atoms with Crippen molar-refractivity contribution < 1.29 is 18.0 Å². The number of aryl methyl sites for hydroxylation is 2. The second-order valence-electron chi connectivity index (χ2n) is 9.53. The first kappa shape index (κ1) is 26.7. The van der Waals surface area contributed by atoms with Crippen LogP contribution >= 0.6 is 0 Å². The normalized spacial score (nSPS) is 15.0. The van der Waals surface area contributed by atoms with Crippen molar-refractivity contribution in [3.05, 3.63) is 65.2 Å². The smallest absolute Gasteiger partial charge is 0.244 e. The first-order valence-electron chi connectivity index (χ1n) is 12.2. The van der Waals surface area contributed by atoms with Gasteiger partial charge in [-0.15, -0.1) is 0 Å². The van der Waals surface area contributed by atoms with Gasteiger partial charge in [0, 0.05) is 12.6 Å². The van der Waals surface area contributed by atoms with E-state index in [4.69, 9.17) is 0 Å². The van der Waals surface area contributed by atoms with Crippen molar-refractivity contribution in [2.24, 2.45) is 0 Å². The summed E-state index contributed by atoms with van der Waals surface area (Å²) in [6.45, 7) is 5.52. The summed E-state index contributed by atoms with van der Waals surface area (Å²) in [5.41, 5.74) is 3.46. The van der Waals surface area contributed by atoms with Crippen LogP contribution in [0.25, 0.3) is 0 Å². The van der Waals surface area contributed by atoms with Gasteiger partial charge in [0.15, 0.2) is 0 Å². The molecule has 3 rings (SSSR count). The highest BCUT2D eigenvalue weighted by Gasteiger charge is 2.31. The third kappa shape index (κ3) is 7.31. The zero-order valence-corrected chi connectivity index (χ0v) is 22.0. The van der Waals surface area contributed by atoms with E-state index in [1.807, 2.05) is 50.2 Å². The minimum absolute atomic E-state index is 0.138. The minimum Gasteiger partial charge on any atom is -0.352 e. The Kier molecular flexibility index (Phi) is 8.94. The Morgan fingerprint density at radius 2 is 1.69 bits per heavy atom. The maximum atomic E-state index is 13.6. The molecule has 1 fully saturated rings. The Hall–Kier alpha value is -2.87. The van der Waals surface area contributed by atoms with Gasteiger partial charge in [-0.2, -0.15) is 0 Å². The van der Waals surface area contributed by atoms with Crippen LogP contribution in [0.1, 0.15) is 49.3 Å². The first-order chi connectivity index (χ1) is 16.6. The van der Waals surface area contributed by atoms with E-state index in [1.54, 1.807) is 19.1 Å². The molecule has 0 saturated heterocycles. The number of benzene rings is 2. The molecule has 2 aromatic carbocycles. The fourth-order valence-corrected chi connectivity index (χ4v) is 5.30. The number of hydrogen-bond acceptors (Lipinski definition) is 4. The molecule has 1 aliphatic carbocycles. The number of amides is 2. The molecule has 1 N–H and O–H groups in total. The second kappa shape index (κ2) is 11.7. The molecule has 35 heavy (non-hydrogen) atoms. The summed E-state index contributed by atoms with van der Waals surface area (Å²) in [5, 5.41) is 3.08. The Balaban J connectivity index is 1.83. The number of carbonyl (C=O) groups excluding carboxylic acids is 2. The number of anilines is 1. The third-order valence-electron chi connectivity index (χ3n) is 6.81. The number of sulfonamides is 1. The molecular formula is C27H37N3O4S. The monoisotopic (exact) mass is 499 g/mol. The van der Waals surface area contributed by atoms with Crippen LogP contribution in [0.5, 0.6) is 0 Å². The van der Waals surface area contributed by atoms with Crippen LogP contribution in [0.4, 0.5) is 5.69 Å². The molecule has 0 radical (unpaired) electrons. The van der Waals surface area contributed by atoms with Crippen LogP contribution in [-0.4, -0.2) is 56.6 Å². The van der Waals surface area contributed by atoms with Gasteiger partial charge in [-0.25, -0.2) is 8.42 Å². The van der Waals surface area contributed by atoms with Crippen molar-refractivity contribution in [1.82, 2.24) is 10.2 Å². The Labute approximate surface area is 209 Å². The summed E-state index contributed by atoms with van der Waals surface area (Å²) in [6, 6.07) is 14.5. The van der Waals surface area contributed by atoms with Crippen LogP contribution in [0.3, 0.4) is 0 Å². The van der Waals surface area contributed by atoms with Gasteiger partial charge in [-0.05, 0) is 68.9 Å². The van der Waals surface area contributed by atoms with E-state index in [0.29, 0.717) is 18.7 Å². The van der Waals surface area contributed by atoms with E-state index >= 15 is 0 Å². The lowest BCUT2D eigenvalue weighted by Crippen LogP contribution is -2.53. The topological polar surface area (TPSA) is 86.8 Å². The highest BCUT2D eigenvalue weighted by atomic mass is 32.2. The Morgan fingerprint density at radius 3 is 2.29 bits per heavy atom. The highest BCUT2D eigenvalue weighted by Crippen LogP contribution is 2.22. The van der Waals surface area contributed by atoms with Crippen molar-refractivity contribution >= 4 is 27.5 Å². The van der Waals surface area contributed by atoms with Crippen molar-refractivity contribution in [2.45, 2.75) is 65.0 Å². The van der Waals surface area contributed by atoms with Crippen molar-refractivity contribution in [2.75, 3.05) is 23.7 Å². The Bertz CT molecular complexity index is 1130. The average Bonchev–Trinajstić information content (AvgIpc) is 3.32. The van der Waals surface area contributed by atoms with Gasteiger partial charge in [0.1, 0.15) is 12.6 Å². The Morgan fingerprint density at radius 1 is 1.03 bits per heavy atom. The molecule has 2 aromatic rings. The van der Waals surface area contributed by atoms with E-state index in [9.17, 15) is 18.0 Å². The molecule has 0 spiro atoms. The van der Waals surface area contributed by atoms with Gasteiger partial charge in [0.2, 0.25) is 21.8 Å². The van der Waals surface area contributed by atoms with Crippen LogP contribution < -0.4 is 9.62 Å². The fraction of sp³-hybridized carbons (Fsp3) is 0.481. The van der Waals surface area contributed by atoms with Gasteiger partial charge in [-0.3, -0.25) is 13.9 Å². The van der Waals surface area contributed by atoms with Crippen LogP contribution in [0, 0.1) is 13.8 Å². The van der Waals surface area contributed by atoms with Crippen LogP contribution in [0.15, 0.2) is 48.5 Å². The standard InChI is InChI=1S/C27H37N3O4S/c1-20-14-15-25(18-21(20)2)30(35(4,33)34)19-26(31)29(17-16-23-10-6-5-7-11-23)22(3)27(32)28-24-12-8-9-13-24/h5-7,10-11,14-15,18,22,24H,8-9,12-13,16-17,19H2,1-4H3,(H,28,32). The second-order valence-corrected chi connectivity index (χ2v) is 11.4. The van der Waals surface area contributed by atoms with Crippen LogP contribution in [0.2, 0.25) is 0 Å². The van der Waals surface area contributed by atoms with E-state index in [0.717, 1.165) is 52.9 Å². The molecule has 1 atom stereocenters. The minimum atomic E-state index is -3.72. The maximum absolute atomic E-state index is 13.6. The van der Waals surface area contributed by atoms with E-state index in [2.05, 4.69) is 5.32 Å². The van der Waals surface area contributed by atoms with Crippen molar-refractivity contribution in [1.29, 1.82) is 0 Å². The maximum Gasteiger partial charge on any atom is 0.244 e. The summed E-state index contributed by atoms with van der Waals surface area (Å²) in [7, 11) is -3.72. The molecule has 8 heteroatoms. The van der Waals surface area contributed by atoms with Crippen molar-refractivity contribution in [3.8, 4) is 0 Å². The molecule has 0 aliphatic heterocycles. The number of nitrogens with zero attached hydrogens (tertiary/aromatic N) is 2. The number of rotatable bonds is 10. The van der Waals surface area contributed by atoms with Gasteiger partial charge in [-0.1, -0.05) is 49.2 Å². The molecule has 1 saturated carbocycles. The molecule has 0 bridgehead atoms. The molecule has 1 aliphatic rings. The lowest BCUT2D eigenvalue weighted by molar-refractivity contribution is -0.139. The fourth-order valence-electron chi connectivity index (χ4n) is 4.46. The molecule has 2 amide bonds. The summed E-state index contributed by atoms with van der Waals surface area (Å²) < 4.78 is 26.5. The molecule has 0 heterocycles. The van der Waals surface area contributed by atoms with Gasteiger partial charge in [0.05, 0.1) is 11.9 Å². The number of carbonyl (C=O) groups is 2. The molecule has 190 valence electrons. The predicted octanol–water partition coefficient (Wildman–Crippen LogP) is 3.59. The average molecular weight is 500 g/mol.